The van der Waals surface area contributed by atoms with Gasteiger partial charge in [0.05, 0.1) is 11.8 Å². The summed E-state index contributed by atoms with van der Waals surface area (Å²) < 4.78 is 0. The van der Waals surface area contributed by atoms with E-state index in [1.54, 1.807) is 7.05 Å². The number of hydrogen-bond donors (Lipinski definition) is 1. The molecule has 4 nitrogen and oxygen atoms in total. The summed E-state index contributed by atoms with van der Waals surface area (Å²) in [7, 11) is 5.82. The average Bonchev–Trinajstić information content (AvgIpc) is 2.84. The fourth-order valence-corrected chi connectivity index (χ4v) is 4.30. The number of hydrogen-bond acceptors (Lipinski definition) is 4. The van der Waals surface area contributed by atoms with Gasteiger partial charge in [0, 0.05) is 50.4 Å². The molecule has 35 heavy (non-hydrogen) atoms. The summed E-state index contributed by atoms with van der Waals surface area (Å²) >= 11 is 0. The third-order valence-corrected chi connectivity index (χ3v) is 6.26. The number of pyridine rings is 1. The first-order valence-corrected chi connectivity index (χ1v) is 12.7. The fourth-order valence-electron chi connectivity index (χ4n) is 4.30. The minimum atomic E-state index is 0.00347. The zero-order valence-electron chi connectivity index (χ0n) is 22.5. The van der Waals surface area contributed by atoms with Gasteiger partial charge in [-0.25, -0.2) is 0 Å². The molecule has 1 aromatic heterocycles. The van der Waals surface area contributed by atoms with Crippen LogP contribution in [0.5, 0.6) is 0 Å². The molecule has 1 aliphatic rings. The summed E-state index contributed by atoms with van der Waals surface area (Å²) in [6, 6.07) is 12.6. The molecule has 0 aliphatic heterocycles. The van der Waals surface area contributed by atoms with Crippen LogP contribution in [-0.4, -0.2) is 48.5 Å². The SMILES string of the molecule is C=C/C(=C\N(C)C)c1cccc(-c2ccc(/C(C=NC)=C/CC)c(C)n2)c1.CC1CCCCC1O. The molecule has 188 valence electrons. The number of aromatic nitrogens is 1. The Morgan fingerprint density at radius 1 is 1.17 bits per heavy atom. The fraction of sp³-hybridized carbons (Fsp3) is 0.419. The second-order valence-electron chi connectivity index (χ2n) is 9.45. The van der Waals surface area contributed by atoms with Gasteiger partial charge in [-0.05, 0) is 60.9 Å². The first-order valence-electron chi connectivity index (χ1n) is 12.7. The molecule has 1 aromatic carbocycles. The second-order valence-corrected chi connectivity index (χ2v) is 9.45. The number of benzene rings is 1. The Balaban J connectivity index is 0.000000456. The van der Waals surface area contributed by atoms with Crippen LogP contribution in [0, 0.1) is 12.8 Å². The molecule has 0 bridgehead atoms. The van der Waals surface area contributed by atoms with Gasteiger partial charge in [0.15, 0.2) is 0 Å². The zero-order chi connectivity index (χ0) is 25.8. The average molecular weight is 474 g/mol. The van der Waals surface area contributed by atoms with Crippen molar-refractivity contribution in [2.45, 2.75) is 59.0 Å². The van der Waals surface area contributed by atoms with Gasteiger partial charge in [-0.3, -0.25) is 9.98 Å². The van der Waals surface area contributed by atoms with Crippen molar-refractivity contribution in [2.24, 2.45) is 10.9 Å². The summed E-state index contributed by atoms with van der Waals surface area (Å²) in [5.41, 5.74) is 7.53. The minimum Gasteiger partial charge on any atom is -0.393 e. The highest BCUT2D eigenvalue weighted by atomic mass is 16.3. The van der Waals surface area contributed by atoms with Gasteiger partial charge in [-0.1, -0.05) is 69.7 Å². The number of aryl methyl sites for hydroxylation is 1. The lowest BCUT2D eigenvalue weighted by Crippen LogP contribution is -2.21. The third-order valence-electron chi connectivity index (χ3n) is 6.26. The highest BCUT2D eigenvalue weighted by Crippen LogP contribution is 2.26. The van der Waals surface area contributed by atoms with Crippen LogP contribution in [0.3, 0.4) is 0 Å². The lowest BCUT2D eigenvalue weighted by molar-refractivity contribution is 0.0793. The van der Waals surface area contributed by atoms with Gasteiger partial charge < -0.3 is 10.0 Å². The lowest BCUT2D eigenvalue weighted by atomic mass is 9.88. The summed E-state index contributed by atoms with van der Waals surface area (Å²) in [5.74, 6) is 0.559. The summed E-state index contributed by atoms with van der Waals surface area (Å²) in [5, 5.41) is 9.18. The molecule has 3 rings (SSSR count). The van der Waals surface area contributed by atoms with E-state index in [1.165, 1.54) is 19.3 Å². The molecule has 1 N–H and O–H groups in total. The van der Waals surface area contributed by atoms with E-state index in [4.69, 9.17) is 4.98 Å². The van der Waals surface area contributed by atoms with Crippen LogP contribution in [0.2, 0.25) is 0 Å². The number of allylic oxidation sites excluding steroid dienone is 4. The molecule has 1 heterocycles. The molecule has 2 aromatic rings. The van der Waals surface area contributed by atoms with Crippen LogP contribution < -0.4 is 0 Å². The van der Waals surface area contributed by atoms with E-state index in [1.807, 2.05) is 31.3 Å². The number of aliphatic imine (C=N–C) groups is 1. The highest BCUT2D eigenvalue weighted by molar-refractivity contribution is 6.10. The van der Waals surface area contributed by atoms with Crippen molar-refractivity contribution in [1.82, 2.24) is 9.88 Å². The smallest absolute Gasteiger partial charge is 0.0705 e. The van der Waals surface area contributed by atoms with E-state index in [-0.39, 0.29) is 6.10 Å². The Morgan fingerprint density at radius 2 is 1.91 bits per heavy atom. The molecule has 0 amide bonds. The van der Waals surface area contributed by atoms with E-state index in [0.29, 0.717) is 5.92 Å². The molecule has 4 heteroatoms. The molecule has 1 aliphatic carbocycles. The molecule has 0 radical (unpaired) electrons. The van der Waals surface area contributed by atoms with Crippen molar-refractivity contribution >= 4 is 17.4 Å². The maximum Gasteiger partial charge on any atom is 0.0705 e. The molecular weight excluding hydrogens is 430 g/mol. The first-order chi connectivity index (χ1) is 16.8. The summed E-state index contributed by atoms with van der Waals surface area (Å²) in [4.78, 5) is 11.1. The highest BCUT2D eigenvalue weighted by Gasteiger charge is 2.17. The van der Waals surface area contributed by atoms with Crippen LogP contribution in [0.1, 0.15) is 62.8 Å². The van der Waals surface area contributed by atoms with Crippen molar-refractivity contribution in [2.75, 3.05) is 21.1 Å². The Hall–Kier alpha value is -2.98. The minimum absolute atomic E-state index is 0.00347. The first kappa shape index (κ1) is 28.3. The standard InChI is InChI=1S/C24H29N3.C7H14O/c1-7-10-22(16-25-4)23-13-14-24(26-18(23)3)21-12-9-11-20(15-21)19(8-2)17-27(5)6;1-6-4-2-3-5-7(6)8/h8-17H,2,7H2,1,3-6H3;6-8H,2-5H2,1H3/b19-17+,22-10+,25-16?;. The zero-order valence-corrected chi connectivity index (χ0v) is 22.5. The van der Waals surface area contributed by atoms with Crippen molar-refractivity contribution in [1.29, 1.82) is 0 Å². The van der Waals surface area contributed by atoms with Crippen molar-refractivity contribution in [3.05, 3.63) is 78.1 Å². The third kappa shape index (κ3) is 8.63. The van der Waals surface area contributed by atoms with E-state index < -0.39 is 0 Å². The Kier molecular flexibility index (Phi) is 11.6. The van der Waals surface area contributed by atoms with E-state index in [2.05, 4.69) is 81.0 Å². The van der Waals surface area contributed by atoms with Gasteiger partial charge in [0.25, 0.3) is 0 Å². The number of rotatable bonds is 7. The van der Waals surface area contributed by atoms with Gasteiger partial charge in [0.1, 0.15) is 0 Å². The van der Waals surface area contributed by atoms with E-state index >= 15 is 0 Å². The maximum absolute atomic E-state index is 9.18. The van der Waals surface area contributed by atoms with Crippen LogP contribution in [-0.2, 0) is 0 Å². The van der Waals surface area contributed by atoms with Gasteiger partial charge in [-0.15, -0.1) is 0 Å². The molecule has 1 fully saturated rings. The van der Waals surface area contributed by atoms with Gasteiger partial charge >= 0.3 is 0 Å². The Morgan fingerprint density at radius 3 is 2.46 bits per heavy atom. The number of aliphatic hydroxyl groups excluding tert-OH is 1. The normalized spacial score (nSPS) is 18.7. The molecular formula is C31H43N3O. The van der Waals surface area contributed by atoms with E-state index in [9.17, 15) is 5.11 Å². The van der Waals surface area contributed by atoms with Gasteiger partial charge in [-0.2, -0.15) is 0 Å². The predicted molar refractivity (Wildman–Crippen MR) is 153 cm³/mol. The van der Waals surface area contributed by atoms with E-state index in [0.717, 1.165) is 52.1 Å². The van der Waals surface area contributed by atoms with Crippen molar-refractivity contribution in [3.63, 3.8) is 0 Å². The van der Waals surface area contributed by atoms with Crippen LogP contribution in [0.4, 0.5) is 0 Å². The molecule has 1 saturated carbocycles. The van der Waals surface area contributed by atoms with Crippen LogP contribution >= 0.6 is 0 Å². The monoisotopic (exact) mass is 473 g/mol. The topological polar surface area (TPSA) is 48.7 Å². The second kappa shape index (κ2) is 14.4. The predicted octanol–water partition coefficient (Wildman–Crippen LogP) is 7.20. The summed E-state index contributed by atoms with van der Waals surface area (Å²) in [6.07, 6.45) is 13.8. The Bertz CT molecular complexity index is 1040. The molecule has 2 unspecified atom stereocenters. The Labute approximate surface area is 212 Å². The number of nitrogens with zero attached hydrogens (tertiary/aromatic N) is 3. The molecule has 0 saturated heterocycles. The number of aliphatic hydroxyl groups is 1. The largest absolute Gasteiger partial charge is 0.393 e. The van der Waals surface area contributed by atoms with Crippen LogP contribution in [0.15, 0.2) is 66.3 Å². The summed E-state index contributed by atoms with van der Waals surface area (Å²) in [6.45, 7) is 10.3. The van der Waals surface area contributed by atoms with Crippen molar-refractivity contribution < 1.29 is 5.11 Å². The molecule has 2 atom stereocenters. The maximum atomic E-state index is 9.18. The lowest BCUT2D eigenvalue weighted by Gasteiger charge is -2.23. The quantitative estimate of drug-likeness (QED) is 0.342. The van der Waals surface area contributed by atoms with Crippen molar-refractivity contribution in [3.8, 4) is 11.3 Å². The molecule has 0 spiro atoms. The van der Waals surface area contributed by atoms with Crippen LogP contribution in [0.25, 0.3) is 22.4 Å². The van der Waals surface area contributed by atoms with Gasteiger partial charge in [0.2, 0.25) is 0 Å².